The molecule has 3 nitrogen and oxygen atoms in total. The largest absolute Gasteiger partial charge is 0.386 e. The van der Waals surface area contributed by atoms with Crippen molar-refractivity contribution in [1.29, 1.82) is 0 Å². The van der Waals surface area contributed by atoms with E-state index in [-0.39, 0.29) is 0 Å². The predicted octanol–water partition coefficient (Wildman–Crippen LogP) is 1.01. The van der Waals surface area contributed by atoms with Gasteiger partial charge in [-0.05, 0) is 13.1 Å². The zero-order valence-corrected chi connectivity index (χ0v) is 7.90. The quantitative estimate of drug-likeness (QED) is 0.732. The Balaban J connectivity index is 2.28. The third-order valence-corrected chi connectivity index (χ3v) is 2.23. The second-order valence-corrected chi connectivity index (χ2v) is 3.68. The lowest BCUT2D eigenvalue weighted by Gasteiger charge is -1.94. The number of thiazole rings is 1. The van der Waals surface area contributed by atoms with Crippen molar-refractivity contribution in [2.45, 2.75) is 13.5 Å². The number of nitrogens with two attached hydrogens (primary N) is 1. The molecule has 1 aromatic rings. The summed E-state index contributed by atoms with van der Waals surface area (Å²) < 4.78 is 0. The van der Waals surface area contributed by atoms with Crippen LogP contribution in [0.1, 0.15) is 9.88 Å². The van der Waals surface area contributed by atoms with Gasteiger partial charge in [0.15, 0.2) is 0 Å². The second-order valence-electron chi connectivity index (χ2n) is 2.36. The van der Waals surface area contributed by atoms with Gasteiger partial charge in [0, 0.05) is 17.6 Å². The Morgan fingerprint density at radius 2 is 2.58 bits per heavy atom. The molecule has 3 N–H and O–H groups in total. The lowest BCUT2D eigenvalue weighted by Crippen LogP contribution is -2.04. The van der Waals surface area contributed by atoms with Gasteiger partial charge in [-0.3, -0.25) is 0 Å². The first-order chi connectivity index (χ1) is 5.83. The molecule has 0 aliphatic carbocycles. The van der Waals surface area contributed by atoms with Crippen molar-refractivity contribution in [2.75, 3.05) is 6.54 Å². The molecule has 1 aromatic heterocycles. The summed E-state index contributed by atoms with van der Waals surface area (Å²) in [5, 5.41) is 4.23. The maximum atomic E-state index is 5.28. The number of rotatable bonds is 4. The highest BCUT2D eigenvalue weighted by atomic mass is 32.1. The highest BCUT2D eigenvalue weighted by Gasteiger charge is 1.94. The Morgan fingerprint density at radius 1 is 1.75 bits per heavy atom. The van der Waals surface area contributed by atoms with Crippen molar-refractivity contribution in [1.82, 2.24) is 10.3 Å². The van der Waals surface area contributed by atoms with Crippen LogP contribution >= 0.6 is 11.3 Å². The van der Waals surface area contributed by atoms with Gasteiger partial charge in [-0.25, -0.2) is 4.98 Å². The molecule has 0 unspecified atom stereocenters. The molecule has 0 saturated heterocycles. The standard InChI is InChI=1S/C8H13N3S/c1-7-11-6-8(12-7)5-10-4-2-3-9/h2,4,6,10H,3,5,9H2,1H3. The highest BCUT2D eigenvalue weighted by Crippen LogP contribution is 2.10. The van der Waals surface area contributed by atoms with E-state index in [1.54, 1.807) is 11.3 Å². The third-order valence-electron chi connectivity index (χ3n) is 1.32. The minimum atomic E-state index is 0.578. The smallest absolute Gasteiger partial charge is 0.0897 e. The van der Waals surface area contributed by atoms with E-state index < -0.39 is 0 Å². The molecular formula is C8H13N3S. The summed E-state index contributed by atoms with van der Waals surface area (Å²) in [4.78, 5) is 5.39. The average Bonchev–Trinajstić information content (AvgIpc) is 2.45. The van der Waals surface area contributed by atoms with Crippen LogP contribution in [-0.2, 0) is 6.54 Å². The Bertz CT molecular complexity index is 255. The van der Waals surface area contributed by atoms with E-state index >= 15 is 0 Å². The Morgan fingerprint density at radius 3 is 3.17 bits per heavy atom. The fraction of sp³-hybridized carbons (Fsp3) is 0.375. The summed E-state index contributed by atoms with van der Waals surface area (Å²) >= 11 is 1.71. The first kappa shape index (κ1) is 9.22. The molecule has 0 aromatic carbocycles. The van der Waals surface area contributed by atoms with Gasteiger partial charge in [0.25, 0.3) is 0 Å². The van der Waals surface area contributed by atoms with E-state index in [0.29, 0.717) is 6.54 Å². The SMILES string of the molecule is Cc1ncc(CNC=CCN)s1. The molecule has 0 saturated carbocycles. The number of aryl methyl sites for hydroxylation is 1. The van der Waals surface area contributed by atoms with Crippen molar-refractivity contribution in [3.63, 3.8) is 0 Å². The first-order valence-electron chi connectivity index (χ1n) is 3.82. The molecule has 0 aliphatic rings. The van der Waals surface area contributed by atoms with Crippen LogP contribution in [-0.4, -0.2) is 11.5 Å². The van der Waals surface area contributed by atoms with Gasteiger partial charge in [-0.15, -0.1) is 11.3 Å². The van der Waals surface area contributed by atoms with E-state index in [1.807, 2.05) is 25.4 Å². The van der Waals surface area contributed by atoms with E-state index in [4.69, 9.17) is 5.73 Å². The Labute approximate surface area is 76.3 Å². The van der Waals surface area contributed by atoms with E-state index in [9.17, 15) is 0 Å². The monoisotopic (exact) mass is 183 g/mol. The minimum absolute atomic E-state index is 0.578. The molecule has 0 atom stereocenters. The molecule has 0 fully saturated rings. The lowest BCUT2D eigenvalue weighted by atomic mass is 10.5. The normalized spacial score (nSPS) is 10.8. The zero-order chi connectivity index (χ0) is 8.81. The molecule has 0 radical (unpaired) electrons. The van der Waals surface area contributed by atoms with Crippen LogP contribution < -0.4 is 11.1 Å². The Kier molecular flexibility index (Phi) is 3.76. The summed E-state index contributed by atoms with van der Waals surface area (Å²) in [6.45, 7) is 3.42. The number of nitrogens with zero attached hydrogens (tertiary/aromatic N) is 1. The lowest BCUT2D eigenvalue weighted by molar-refractivity contribution is 0.879. The molecule has 1 rings (SSSR count). The van der Waals surface area contributed by atoms with Gasteiger partial charge >= 0.3 is 0 Å². The summed E-state index contributed by atoms with van der Waals surface area (Å²) in [6.07, 6.45) is 5.65. The Hall–Kier alpha value is -0.870. The molecule has 0 aliphatic heterocycles. The van der Waals surface area contributed by atoms with Crippen LogP contribution in [0.4, 0.5) is 0 Å². The van der Waals surface area contributed by atoms with Crippen LogP contribution in [0.15, 0.2) is 18.5 Å². The van der Waals surface area contributed by atoms with Gasteiger partial charge < -0.3 is 11.1 Å². The van der Waals surface area contributed by atoms with Crippen LogP contribution in [0.25, 0.3) is 0 Å². The molecule has 1 heterocycles. The van der Waals surface area contributed by atoms with E-state index in [0.717, 1.165) is 11.6 Å². The van der Waals surface area contributed by atoms with Gasteiger partial charge in [-0.2, -0.15) is 0 Å². The van der Waals surface area contributed by atoms with Gasteiger partial charge in [0.05, 0.1) is 11.6 Å². The molecule has 4 heteroatoms. The van der Waals surface area contributed by atoms with Crippen LogP contribution in [0, 0.1) is 6.92 Å². The molecule has 0 bridgehead atoms. The minimum Gasteiger partial charge on any atom is -0.386 e. The van der Waals surface area contributed by atoms with Gasteiger partial charge in [0.1, 0.15) is 0 Å². The van der Waals surface area contributed by atoms with Crippen molar-refractivity contribution in [2.24, 2.45) is 5.73 Å². The van der Waals surface area contributed by atoms with Crippen molar-refractivity contribution < 1.29 is 0 Å². The maximum Gasteiger partial charge on any atom is 0.0897 e. The first-order valence-corrected chi connectivity index (χ1v) is 4.64. The number of hydrogen-bond donors (Lipinski definition) is 2. The highest BCUT2D eigenvalue weighted by molar-refractivity contribution is 7.11. The van der Waals surface area contributed by atoms with E-state index in [1.165, 1.54) is 4.88 Å². The third kappa shape index (κ3) is 3.02. The number of aromatic nitrogens is 1. The van der Waals surface area contributed by atoms with Gasteiger partial charge in [-0.1, -0.05) is 6.08 Å². The maximum absolute atomic E-state index is 5.28. The molecule has 66 valence electrons. The summed E-state index contributed by atoms with van der Waals surface area (Å²) in [5.41, 5.74) is 5.28. The molecular weight excluding hydrogens is 170 g/mol. The summed E-state index contributed by atoms with van der Waals surface area (Å²) in [5.74, 6) is 0. The summed E-state index contributed by atoms with van der Waals surface area (Å²) in [6, 6.07) is 0. The van der Waals surface area contributed by atoms with Crippen LogP contribution in [0.2, 0.25) is 0 Å². The number of nitrogens with one attached hydrogen (secondary N) is 1. The molecule has 0 spiro atoms. The molecule has 12 heavy (non-hydrogen) atoms. The second kappa shape index (κ2) is 4.90. The fourth-order valence-electron chi connectivity index (χ4n) is 0.798. The fourth-order valence-corrected chi connectivity index (χ4v) is 1.54. The van der Waals surface area contributed by atoms with Crippen LogP contribution in [0.3, 0.4) is 0 Å². The zero-order valence-electron chi connectivity index (χ0n) is 7.08. The molecule has 0 amide bonds. The van der Waals surface area contributed by atoms with Crippen LogP contribution in [0.5, 0.6) is 0 Å². The average molecular weight is 183 g/mol. The van der Waals surface area contributed by atoms with Crippen molar-refractivity contribution in [3.05, 3.63) is 28.4 Å². The van der Waals surface area contributed by atoms with Gasteiger partial charge in [0.2, 0.25) is 0 Å². The summed E-state index contributed by atoms with van der Waals surface area (Å²) in [7, 11) is 0. The predicted molar refractivity (Wildman–Crippen MR) is 51.9 cm³/mol. The number of hydrogen-bond acceptors (Lipinski definition) is 4. The topological polar surface area (TPSA) is 50.9 Å². The van der Waals surface area contributed by atoms with Crippen molar-refractivity contribution in [3.8, 4) is 0 Å². The van der Waals surface area contributed by atoms with E-state index in [2.05, 4.69) is 10.3 Å². The van der Waals surface area contributed by atoms with Crippen molar-refractivity contribution >= 4 is 11.3 Å².